The van der Waals surface area contributed by atoms with Gasteiger partial charge in [0.2, 0.25) is 11.8 Å². The third-order valence-electron chi connectivity index (χ3n) is 2.69. The minimum absolute atomic E-state index is 0.0945. The van der Waals surface area contributed by atoms with Crippen molar-refractivity contribution in [1.29, 1.82) is 0 Å². The van der Waals surface area contributed by atoms with E-state index < -0.39 is 11.7 Å². The highest BCUT2D eigenvalue weighted by Gasteiger charge is 2.34. The third kappa shape index (κ3) is 2.45. The number of para-hydroxylation sites is 1. The van der Waals surface area contributed by atoms with Crippen molar-refractivity contribution in [2.24, 2.45) is 0 Å². The van der Waals surface area contributed by atoms with Gasteiger partial charge < -0.3 is 10.5 Å². The number of hydrogen-bond donors (Lipinski definition) is 2. The van der Waals surface area contributed by atoms with Crippen LogP contribution in [-0.2, 0) is 6.18 Å². The zero-order chi connectivity index (χ0) is 15.0. The Morgan fingerprint density at radius 2 is 1.90 bits per heavy atom. The van der Waals surface area contributed by atoms with Crippen molar-refractivity contribution in [3.8, 4) is 11.6 Å². The minimum atomic E-state index is -4.54. The number of hydrogen-bond acceptors (Lipinski definition) is 5. The fourth-order valence-corrected chi connectivity index (χ4v) is 1.80. The molecule has 0 fully saturated rings. The van der Waals surface area contributed by atoms with Gasteiger partial charge in [-0.3, -0.25) is 5.10 Å². The van der Waals surface area contributed by atoms with E-state index in [2.05, 4.69) is 20.2 Å². The predicted molar refractivity (Wildman–Crippen MR) is 67.6 cm³/mol. The number of benzene rings is 1. The van der Waals surface area contributed by atoms with Crippen LogP contribution in [0.25, 0.3) is 11.0 Å². The maximum atomic E-state index is 12.9. The highest BCUT2D eigenvalue weighted by Crippen LogP contribution is 2.38. The van der Waals surface area contributed by atoms with Crippen LogP contribution in [0, 0.1) is 0 Å². The number of rotatable bonds is 2. The van der Waals surface area contributed by atoms with Crippen molar-refractivity contribution in [3.05, 3.63) is 36.0 Å². The standard InChI is InChI=1S/C12H8F3N5O/c13-12(14,15)7-3-1-2-4-8(7)21-10-6-5-17-20-9(6)18-11(16)19-10/h1-5H,(H3,16,17,18,19,20). The molecule has 108 valence electrons. The Labute approximate surface area is 115 Å². The van der Waals surface area contributed by atoms with Crippen LogP contribution in [0.15, 0.2) is 30.5 Å². The van der Waals surface area contributed by atoms with Crippen LogP contribution in [0.3, 0.4) is 0 Å². The van der Waals surface area contributed by atoms with Gasteiger partial charge in [0.05, 0.1) is 11.8 Å². The van der Waals surface area contributed by atoms with Gasteiger partial charge in [-0.2, -0.15) is 28.2 Å². The van der Waals surface area contributed by atoms with Crippen LogP contribution in [0.5, 0.6) is 11.6 Å². The molecule has 0 saturated carbocycles. The Kier molecular flexibility index (Phi) is 2.89. The first-order valence-corrected chi connectivity index (χ1v) is 5.76. The second kappa shape index (κ2) is 4.62. The lowest BCUT2D eigenvalue weighted by Crippen LogP contribution is -2.07. The minimum Gasteiger partial charge on any atom is -0.437 e. The Hall–Kier alpha value is -2.84. The highest BCUT2D eigenvalue weighted by atomic mass is 19.4. The summed E-state index contributed by atoms with van der Waals surface area (Å²) in [5.74, 6) is -0.597. The zero-order valence-corrected chi connectivity index (χ0v) is 10.3. The van der Waals surface area contributed by atoms with E-state index in [9.17, 15) is 13.2 Å². The van der Waals surface area contributed by atoms with Gasteiger partial charge in [0.1, 0.15) is 11.1 Å². The maximum Gasteiger partial charge on any atom is 0.419 e. The predicted octanol–water partition coefficient (Wildman–Crippen LogP) is 2.75. The summed E-state index contributed by atoms with van der Waals surface area (Å²) in [6.45, 7) is 0. The molecule has 0 spiro atoms. The number of anilines is 1. The van der Waals surface area contributed by atoms with Gasteiger partial charge in [-0.1, -0.05) is 12.1 Å². The maximum absolute atomic E-state index is 12.9. The van der Waals surface area contributed by atoms with Gasteiger partial charge in [0, 0.05) is 0 Å². The fraction of sp³-hybridized carbons (Fsp3) is 0.0833. The summed E-state index contributed by atoms with van der Waals surface area (Å²) in [4.78, 5) is 7.66. The number of alkyl halides is 3. The summed E-state index contributed by atoms with van der Waals surface area (Å²) in [7, 11) is 0. The molecule has 0 unspecified atom stereocenters. The van der Waals surface area contributed by atoms with Crippen LogP contribution in [0.2, 0.25) is 0 Å². The molecule has 6 nitrogen and oxygen atoms in total. The van der Waals surface area contributed by atoms with Crippen LogP contribution in [0.4, 0.5) is 19.1 Å². The number of fused-ring (bicyclic) bond motifs is 1. The molecule has 0 atom stereocenters. The summed E-state index contributed by atoms with van der Waals surface area (Å²) in [6, 6.07) is 4.83. The van der Waals surface area contributed by atoms with Gasteiger partial charge in [-0.25, -0.2) is 0 Å². The van der Waals surface area contributed by atoms with Gasteiger partial charge >= 0.3 is 6.18 Å². The van der Waals surface area contributed by atoms with Crippen LogP contribution in [-0.4, -0.2) is 20.2 Å². The van der Waals surface area contributed by atoms with E-state index in [0.29, 0.717) is 5.39 Å². The smallest absolute Gasteiger partial charge is 0.419 e. The number of nitrogens with two attached hydrogens (primary N) is 1. The van der Waals surface area contributed by atoms with Crippen molar-refractivity contribution >= 4 is 17.0 Å². The summed E-state index contributed by atoms with van der Waals surface area (Å²) >= 11 is 0. The first-order chi connectivity index (χ1) is 9.95. The molecule has 9 heteroatoms. The van der Waals surface area contributed by atoms with E-state index in [1.54, 1.807) is 0 Å². The van der Waals surface area contributed by atoms with Gasteiger partial charge in [0.25, 0.3) is 0 Å². The van der Waals surface area contributed by atoms with E-state index in [1.165, 1.54) is 24.4 Å². The number of aromatic nitrogens is 4. The van der Waals surface area contributed by atoms with E-state index >= 15 is 0 Å². The van der Waals surface area contributed by atoms with E-state index in [0.717, 1.165) is 6.07 Å². The summed E-state index contributed by atoms with van der Waals surface area (Å²) < 4.78 is 44.1. The van der Waals surface area contributed by atoms with Crippen LogP contribution >= 0.6 is 0 Å². The van der Waals surface area contributed by atoms with Gasteiger partial charge in [0.15, 0.2) is 5.65 Å². The third-order valence-corrected chi connectivity index (χ3v) is 2.69. The molecule has 0 amide bonds. The van der Waals surface area contributed by atoms with Crippen molar-refractivity contribution in [3.63, 3.8) is 0 Å². The lowest BCUT2D eigenvalue weighted by molar-refractivity contribution is -0.138. The van der Waals surface area contributed by atoms with Gasteiger partial charge in [-0.05, 0) is 12.1 Å². The molecule has 0 bridgehead atoms. The molecule has 2 heterocycles. The lowest BCUT2D eigenvalue weighted by atomic mass is 10.2. The number of nitrogens with one attached hydrogen (secondary N) is 1. The number of aromatic amines is 1. The highest BCUT2D eigenvalue weighted by molar-refractivity contribution is 5.80. The number of nitrogen functional groups attached to an aromatic ring is 1. The molecule has 3 aromatic rings. The summed E-state index contributed by atoms with van der Waals surface area (Å²) in [5, 5.41) is 6.61. The Balaban J connectivity index is 2.09. The number of ether oxygens (including phenoxy) is 1. The number of halogens is 3. The van der Waals surface area contributed by atoms with Crippen LogP contribution in [0.1, 0.15) is 5.56 Å². The Morgan fingerprint density at radius 1 is 1.14 bits per heavy atom. The molecular formula is C12H8F3N5O. The first kappa shape index (κ1) is 13.2. The van der Waals surface area contributed by atoms with Crippen molar-refractivity contribution < 1.29 is 17.9 Å². The lowest BCUT2D eigenvalue weighted by Gasteiger charge is -2.13. The molecule has 1 aromatic carbocycles. The number of H-pyrrole nitrogens is 1. The zero-order valence-electron chi connectivity index (χ0n) is 10.3. The van der Waals surface area contributed by atoms with E-state index in [-0.39, 0.29) is 23.2 Å². The first-order valence-electron chi connectivity index (χ1n) is 5.76. The molecule has 0 aliphatic heterocycles. The summed E-state index contributed by atoms with van der Waals surface area (Å²) in [5.41, 5.74) is 4.86. The molecule has 0 aliphatic rings. The molecule has 0 aliphatic carbocycles. The van der Waals surface area contributed by atoms with E-state index in [1.807, 2.05) is 0 Å². The molecule has 2 aromatic heterocycles. The SMILES string of the molecule is Nc1nc(Oc2ccccc2C(F)(F)F)c2cn[nH]c2n1. The molecule has 0 radical (unpaired) electrons. The molecule has 3 rings (SSSR count). The van der Waals surface area contributed by atoms with E-state index in [4.69, 9.17) is 10.5 Å². The monoisotopic (exact) mass is 295 g/mol. The second-order valence-electron chi connectivity index (χ2n) is 4.12. The Bertz CT molecular complexity index is 799. The molecular weight excluding hydrogens is 287 g/mol. The topological polar surface area (TPSA) is 89.7 Å². The average Bonchev–Trinajstić information content (AvgIpc) is 2.86. The van der Waals surface area contributed by atoms with Crippen LogP contribution < -0.4 is 10.5 Å². The average molecular weight is 295 g/mol. The molecule has 0 saturated heterocycles. The van der Waals surface area contributed by atoms with Gasteiger partial charge in [-0.15, -0.1) is 0 Å². The number of nitrogens with zero attached hydrogens (tertiary/aromatic N) is 3. The quantitative estimate of drug-likeness (QED) is 0.758. The van der Waals surface area contributed by atoms with Crippen molar-refractivity contribution in [2.75, 3.05) is 5.73 Å². The van der Waals surface area contributed by atoms with Crippen molar-refractivity contribution in [1.82, 2.24) is 20.2 Å². The second-order valence-corrected chi connectivity index (χ2v) is 4.12. The van der Waals surface area contributed by atoms with Crippen molar-refractivity contribution in [2.45, 2.75) is 6.18 Å². The fourth-order valence-electron chi connectivity index (χ4n) is 1.80. The largest absolute Gasteiger partial charge is 0.437 e. The summed E-state index contributed by atoms with van der Waals surface area (Å²) in [6.07, 6.45) is -3.19. The molecule has 21 heavy (non-hydrogen) atoms. The normalized spacial score (nSPS) is 11.8. The Morgan fingerprint density at radius 3 is 2.67 bits per heavy atom. The molecule has 3 N–H and O–H groups in total.